The fourth-order valence-electron chi connectivity index (χ4n) is 2.52. The molecular formula is C15H17N3O2. The number of para-hydroxylation sites is 1. The number of nitrogens with zero attached hydrogens (tertiary/aromatic N) is 3. The van der Waals surface area contributed by atoms with E-state index >= 15 is 0 Å². The first-order valence-electron chi connectivity index (χ1n) is 6.77. The summed E-state index contributed by atoms with van der Waals surface area (Å²) in [4.78, 5) is 20.0. The molecule has 0 bridgehead atoms. The molecule has 104 valence electrons. The highest BCUT2D eigenvalue weighted by Crippen LogP contribution is 2.19. The van der Waals surface area contributed by atoms with Crippen LogP contribution in [0.4, 0.5) is 5.82 Å². The van der Waals surface area contributed by atoms with Gasteiger partial charge in [0.05, 0.1) is 5.52 Å². The number of carbonyl (C=O) groups is 1. The van der Waals surface area contributed by atoms with Crippen molar-refractivity contribution < 1.29 is 9.90 Å². The van der Waals surface area contributed by atoms with Crippen molar-refractivity contribution in [3.63, 3.8) is 0 Å². The molecule has 0 spiro atoms. The van der Waals surface area contributed by atoms with Gasteiger partial charge in [-0.3, -0.25) is 4.79 Å². The van der Waals surface area contributed by atoms with Crippen LogP contribution in [0.2, 0.25) is 0 Å². The third kappa shape index (κ3) is 2.44. The van der Waals surface area contributed by atoms with E-state index in [9.17, 15) is 4.79 Å². The topological polar surface area (TPSA) is 56.7 Å². The van der Waals surface area contributed by atoms with Crippen molar-refractivity contribution in [1.29, 1.82) is 0 Å². The predicted molar refractivity (Wildman–Crippen MR) is 77.6 cm³/mol. The van der Waals surface area contributed by atoms with E-state index in [4.69, 9.17) is 5.11 Å². The summed E-state index contributed by atoms with van der Waals surface area (Å²) in [5.74, 6) is 0.746. The first kappa shape index (κ1) is 12.9. The van der Waals surface area contributed by atoms with Crippen molar-refractivity contribution in [3.8, 4) is 0 Å². The van der Waals surface area contributed by atoms with Crippen LogP contribution < -0.4 is 4.90 Å². The quantitative estimate of drug-likeness (QED) is 0.881. The van der Waals surface area contributed by atoms with Gasteiger partial charge in [0.2, 0.25) is 5.91 Å². The van der Waals surface area contributed by atoms with Crippen LogP contribution in [-0.2, 0) is 4.79 Å². The summed E-state index contributed by atoms with van der Waals surface area (Å²) >= 11 is 0. The van der Waals surface area contributed by atoms with Gasteiger partial charge in [0.1, 0.15) is 12.4 Å². The summed E-state index contributed by atoms with van der Waals surface area (Å²) in [7, 11) is 0. The zero-order chi connectivity index (χ0) is 13.9. The molecule has 1 aliphatic rings. The molecule has 2 aromatic rings. The number of aliphatic hydroxyl groups excluding tert-OH is 1. The number of fused-ring (bicyclic) bond motifs is 1. The van der Waals surface area contributed by atoms with E-state index in [-0.39, 0.29) is 5.91 Å². The third-order valence-electron chi connectivity index (χ3n) is 3.68. The maximum absolute atomic E-state index is 11.4. The number of piperazine rings is 1. The van der Waals surface area contributed by atoms with Crippen LogP contribution in [0.25, 0.3) is 10.9 Å². The van der Waals surface area contributed by atoms with E-state index in [1.807, 2.05) is 30.3 Å². The first-order chi connectivity index (χ1) is 9.78. The minimum absolute atomic E-state index is 0.198. The maximum atomic E-state index is 11.4. The second-order valence-corrected chi connectivity index (χ2v) is 4.89. The summed E-state index contributed by atoms with van der Waals surface area (Å²) in [6.07, 6.45) is 0. The molecule has 0 atom stereocenters. The summed E-state index contributed by atoms with van der Waals surface area (Å²) < 4.78 is 0. The van der Waals surface area contributed by atoms with E-state index in [1.54, 1.807) is 4.90 Å². The van der Waals surface area contributed by atoms with Gasteiger partial charge in [-0.25, -0.2) is 4.98 Å². The molecule has 3 rings (SSSR count). The number of aromatic nitrogens is 1. The number of benzene rings is 1. The number of amides is 1. The number of anilines is 1. The van der Waals surface area contributed by atoms with Gasteiger partial charge in [0.15, 0.2) is 0 Å². The molecule has 5 nitrogen and oxygen atoms in total. The van der Waals surface area contributed by atoms with Gasteiger partial charge in [0.25, 0.3) is 0 Å². The Kier molecular flexibility index (Phi) is 3.52. The van der Waals surface area contributed by atoms with Gasteiger partial charge in [-0.2, -0.15) is 0 Å². The molecule has 0 radical (unpaired) electrons. The Morgan fingerprint density at radius 3 is 2.60 bits per heavy atom. The molecule has 5 heteroatoms. The van der Waals surface area contributed by atoms with Gasteiger partial charge in [-0.15, -0.1) is 0 Å². The Bertz CT molecular complexity index is 621. The van der Waals surface area contributed by atoms with Crippen molar-refractivity contribution in [2.24, 2.45) is 0 Å². The van der Waals surface area contributed by atoms with E-state index in [0.717, 1.165) is 29.8 Å². The molecule has 1 aromatic heterocycles. The first-order valence-corrected chi connectivity index (χ1v) is 6.77. The normalized spacial score (nSPS) is 15.7. The number of pyridine rings is 1. The lowest BCUT2D eigenvalue weighted by Gasteiger charge is -2.35. The maximum Gasteiger partial charge on any atom is 0.248 e. The molecule has 0 aliphatic carbocycles. The lowest BCUT2D eigenvalue weighted by Crippen LogP contribution is -2.49. The van der Waals surface area contributed by atoms with E-state index < -0.39 is 6.61 Å². The predicted octanol–water partition coefficient (Wildman–Crippen LogP) is 0.876. The Morgan fingerprint density at radius 1 is 1.10 bits per heavy atom. The van der Waals surface area contributed by atoms with Crippen LogP contribution >= 0.6 is 0 Å². The van der Waals surface area contributed by atoms with Crippen LogP contribution in [0.3, 0.4) is 0 Å². The second-order valence-electron chi connectivity index (χ2n) is 4.89. The number of hydrogen-bond acceptors (Lipinski definition) is 4. The monoisotopic (exact) mass is 271 g/mol. The van der Waals surface area contributed by atoms with Crippen LogP contribution in [0, 0.1) is 0 Å². The van der Waals surface area contributed by atoms with Crippen LogP contribution in [0.15, 0.2) is 36.4 Å². The molecule has 1 aromatic carbocycles. The van der Waals surface area contributed by atoms with E-state index in [1.165, 1.54) is 0 Å². The standard InChI is InChI=1S/C15H17N3O2/c19-11-15(20)18-9-7-17(8-10-18)14-6-5-12-3-1-2-4-13(12)16-14/h1-6,19H,7-11H2. The van der Waals surface area contributed by atoms with Gasteiger partial charge in [-0.1, -0.05) is 18.2 Å². The number of aliphatic hydroxyl groups is 1. The largest absolute Gasteiger partial charge is 0.387 e. The van der Waals surface area contributed by atoms with Crippen LogP contribution in [0.1, 0.15) is 0 Å². The SMILES string of the molecule is O=C(CO)N1CCN(c2ccc3ccccc3n2)CC1. The Balaban J connectivity index is 1.75. The number of rotatable bonds is 2. The minimum atomic E-state index is -0.409. The summed E-state index contributed by atoms with van der Waals surface area (Å²) in [5, 5.41) is 10.0. The molecule has 1 saturated heterocycles. The zero-order valence-electron chi connectivity index (χ0n) is 11.2. The molecule has 20 heavy (non-hydrogen) atoms. The lowest BCUT2D eigenvalue weighted by atomic mass is 10.2. The lowest BCUT2D eigenvalue weighted by molar-refractivity contribution is -0.134. The van der Waals surface area contributed by atoms with Crippen molar-refractivity contribution >= 4 is 22.6 Å². The number of carbonyl (C=O) groups excluding carboxylic acids is 1. The number of hydrogen-bond donors (Lipinski definition) is 1. The molecular weight excluding hydrogens is 254 g/mol. The van der Waals surface area contributed by atoms with Crippen LogP contribution in [0.5, 0.6) is 0 Å². The molecule has 1 N–H and O–H groups in total. The highest BCUT2D eigenvalue weighted by Gasteiger charge is 2.21. The smallest absolute Gasteiger partial charge is 0.248 e. The molecule has 2 heterocycles. The van der Waals surface area contributed by atoms with E-state index in [2.05, 4.69) is 16.0 Å². The Hall–Kier alpha value is -2.14. The molecule has 0 saturated carbocycles. The Labute approximate surface area is 117 Å². The van der Waals surface area contributed by atoms with Crippen molar-refractivity contribution in [3.05, 3.63) is 36.4 Å². The van der Waals surface area contributed by atoms with Crippen molar-refractivity contribution in [1.82, 2.24) is 9.88 Å². The molecule has 1 aliphatic heterocycles. The van der Waals surface area contributed by atoms with Gasteiger partial charge < -0.3 is 14.9 Å². The van der Waals surface area contributed by atoms with Gasteiger partial charge in [-0.05, 0) is 18.2 Å². The highest BCUT2D eigenvalue weighted by atomic mass is 16.3. The average Bonchev–Trinajstić information content (AvgIpc) is 2.54. The fourth-order valence-corrected chi connectivity index (χ4v) is 2.52. The second kappa shape index (κ2) is 5.46. The fraction of sp³-hybridized carbons (Fsp3) is 0.333. The highest BCUT2D eigenvalue weighted by molar-refractivity contribution is 5.80. The Morgan fingerprint density at radius 2 is 1.85 bits per heavy atom. The zero-order valence-corrected chi connectivity index (χ0v) is 11.2. The van der Waals surface area contributed by atoms with Crippen LogP contribution in [-0.4, -0.2) is 53.7 Å². The van der Waals surface area contributed by atoms with Gasteiger partial charge >= 0.3 is 0 Å². The molecule has 1 fully saturated rings. The minimum Gasteiger partial charge on any atom is -0.387 e. The summed E-state index contributed by atoms with van der Waals surface area (Å²) in [6, 6.07) is 12.1. The van der Waals surface area contributed by atoms with Gasteiger partial charge in [0, 0.05) is 31.6 Å². The van der Waals surface area contributed by atoms with E-state index in [0.29, 0.717) is 13.1 Å². The molecule has 0 unspecified atom stereocenters. The summed E-state index contributed by atoms with van der Waals surface area (Å²) in [6.45, 7) is 2.35. The van der Waals surface area contributed by atoms with Crippen molar-refractivity contribution in [2.75, 3.05) is 37.7 Å². The van der Waals surface area contributed by atoms with Crippen molar-refractivity contribution in [2.45, 2.75) is 0 Å². The third-order valence-corrected chi connectivity index (χ3v) is 3.68. The molecule has 1 amide bonds. The summed E-state index contributed by atoms with van der Waals surface area (Å²) in [5.41, 5.74) is 0.985. The average molecular weight is 271 g/mol.